The maximum Gasteiger partial charge on any atom is 0.353 e. The van der Waals surface area contributed by atoms with Gasteiger partial charge in [0.15, 0.2) is 0 Å². The molecule has 2 heterocycles. The number of hydrogen-bond donors (Lipinski definition) is 2. The highest BCUT2D eigenvalue weighted by Gasteiger charge is 2.32. The van der Waals surface area contributed by atoms with E-state index in [0.717, 1.165) is 11.1 Å². The molecular formula is C23H23N5O4. The number of aliphatic carboxylic acids is 1. The molecule has 2 N–H and O–H groups in total. The van der Waals surface area contributed by atoms with Gasteiger partial charge in [-0.2, -0.15) is 0 Å². The molecule has 1 aliphatic rings. The van der Waals surface area contributed by atoms with Crippen LogP contribution < -0.4 is 10.2 Å². The lowest BCUT2D eigenvalue weighted by molar-refractivity contribution is -0.383. The molecule has 0 unspecified atom stereocenters. The topological polar surface area (TPSA) is 121 Å². The Kier molecular flexibility index (Phi) is 6.25. The second-order valence-electron chi connectivity index (χ2n) is 7.65. The van der Waals surface area contributed by atoms with Gasteiger partial charge in [-0.25, -0.2) is 9.97 Å². The number of carbonyl (C=O) groups is 1. The van der Waals surface area contributed by atoms with Gasteiger partial charge in [-0.3, -0.25) is 14.9 Å². The van der Waals surface area contributed by atoms with Crippen LogP contribution in [0.3, 0.4) is 0 Å². The van der Waals surface area contributed by atoms with Gasteiger partial charge in [0.25, 0.3) is 0 Å². The summed E-state index contributed by atoms with van der Waals surface area (Å²) in [6.45, 7) is 0.768. The number of nitrogens with zero attached hydrogens (tertiary/aromatic N) is 4. The summed E-state index contributed by atoms with van der Waals surface area (Å²) >= 11 is 0. The van der Waals surface area contributed by atoms with Gasteiger partial charge < -0.3 is 15.3 Å². The molecular weight excluding hydrogens is 410 g/mol. The molecule has 1 aromatic heterocycles. The van der Waals surface area contributed by atoms with Gasteiger partial charge in [0.05, 0.1) is 16.9 Å². The summed E-state index contributed by atoms with van der Waals surface area (Å²) in [5.74, 6) is -0.947. The van der Waals surface area contributed by atoms with E-state index in [9.17, 15) is 20.0 Å². The predicted octanol–water partition coefficient (Wildman–Crippen LogP) is 3.89. The lowest BCUT2D eigenvalue weighted by atomic mass is 9.97. The fraction of sp³-hybridized carbons (Fsp3) is 0.261. The van der Waals surface area contributed by atoms with Gasteiger partial charge in [-0.05, 0) is 24.0 Å². The average molecular weight is 433 g/mol. The van der Waals surface area contributed by atoms with Crippen LogP contribution in [0.4, 0.5) is 17.3 Å². The lowest BCUT2D eigenvalue weighted by Gasteiger charge is -2.30. The van der Waals surface area contributed by atoms with Crippen LogP contribution in [0, 0.1) is 16.0 Å². The first-order chi connectivity index (χ1) is 15.5. The molecule has 0 atom stereocenters. The van der Waals surface area contributed by atoms with Crippen LogP contribution in [0.2, 0.25) is 0 Å². The second-order valence-corrected chi connectivity index (χ2v) is 7.65. The molecule has 1 saturated heterocycles. The number of anilines is 2. The minimum Gasteiger partial charge on any atom is -0.481 e. The largest absolute Gasteiger partial charge is 0.481 e. The fourth-order valence-electron chi connectivity index (χ4n) is 4.00. The Morgan fingerprint density at radius 2 is 1.59 bits per heavy atom. The van der Waals surface area contributed by atoms with Crippen molar-refractivity contribution >= 4 is 23.3 Å². The van der Waals surface area contributed by atoms with Gasteiger partial charge in [-0.15, -0.1) is 0 Å². The zero-order valence-corrected chi connectivity index (χ0v) is 17.3. The molecule has 164 valence electrons. The van der Waals surface area contributed by atoms with Crippen LogP contribution in [0.25, 0.3) is 0 Å². The average Bonchev–Trinajstić information content (AvgIpc) is 2.83. The molecule has 0 bridgehead atoms. The Balaban J connectivity index is 1.69. The van der Waals surface area contributed by atoms with Crippen molar-refractivity contribution in [1.82, 2.24) is 9.97 Å². The number of carboxylic acid groups (broad SMARTS) is 1. The molecule has 1 fully saturated rings. The molecule has 0 aliphatic carbocycles. The molecule has 9 nitrogen and oxygen atoms in total. The van der Waals surface area contributed by atoms with Crippen LogP contribution >= 0.6 is 0 Å². The molecule has 32 heavy (non-hydrogen) atoms. The first-order valence-electron chi connectivity index (χ1n) is 10.4. The fourth-order valence-corrected chi connectivity index (χ4v) is 4.00. The zero-order valence-electron chi connectivity index (χ0n) is 17.3. The van der Waals surface area contributed by atoms with Gasteiger partial charge >= 0.3 is 11.7 Å². The highest BCUT2D eigenvalue weighted by atomic mass is 16.6. The maximum atomic E-state index is 12.1. The van der Waals surface area contributed by atoms with Crippen molar-refractivity contribution in [2.24, 2.45) is 5.92 Å². The third kappa shape index (κ3) is 4.51. The van der Waals surface area contributed by atoms with Crippen molar-refractivity contribution in [3.63, 3.8) is 0 Å². The summed E-state index contributed by atoms with van der Waals surface area (Å²) in [5, 5.41) is 24.6. The number of nitrogens with one attached hydrogen (secondary N) is 1. The molecule has 3 aromatic rings. The highest BCUT2D eigenvalue weighted by Crippen LogP contribution is 2.37. The van der Waals surface area contributed by atoms with E-state index >= 15 is 0 Å². The first kappa shape index (κ1) is 21.2. The smallest absolute Gasteiger partial charge is 0.353 e. The molecule has 0 amide bonds. The number of hydrogen-bond acceptors (Lipinski definition) is 7. The van der Waals surface area contributed by atoms with Crippen molar-refractivity contribution in [2.45, 2.75) is 18.9 Å². The standard InChI is InChI=1S/C23H23N5O4/c29-23(30)18-11-13-27(14-12-18)22-20(28(31)32)21(24-15-25-22)26-19(16-7-3-1-4-8-16)17-9-5-2-6-10-17/h1-10,15,18-19H,11-14H2,(H,29,30)(H,24,25,26). The summed E-state index contributed by atoms with van der Waals surface area (Å²) < 4.78 is 0. The Morgan fingerprint density at radius 1 is 1.03 bits per heavy atom. The normalized spacial score (nSPS) is 14.3. The second kappa shape index (κ2) is 9.42. The quantitative estimate of drug-likeness (QED) is 0.425. The van der Waals surface area contributed by atoms with Crippen molar-refractivity contribution in [2.75, 3.05) is 23.3 Å². The number of nitro groups is 1. The number of aromatic nitrogens is 2. The van der Waals surface area contributed by atoms with Gasteiger partial charge in [0.1, 0.15) is 6.33 Å². The Hall–Kier alpha value is -4.01. The summed E-state index contributed by atoms with van der Waals surface area (Å²) in [5.41, 5.74) is 1.67. The number of carboxylic acids is 1. The summed E-state index contributed by atoms with van der Waals surface area (Å²) in [6.07, 6.45) is 2.13. The molecule has 4 rings (SSSR count). The zero-order chi connectivity index (χ0) is 22.5. The Labute approximate surface area is 184 Å². The van der Waals surface area contributed by atoms with E-state index in [-0.39, 0.29) is 23.4 Å². The van der Waals surface area contributed by atoms with Gasteiger partial charge in [-0.1, -0.05) is 60.7 Å². The molecule has 0 radical (unpaired) electrons. The van der Waals surface area contributed by atoms with E-state index in [1.54, 1.807) is 4.90 Å². The Bertz CT molecular complexity index is 1050. The van der Waals surface area contributed by atoms with Crippen LogP contribution in [-0.2, 0) is 4.79 Å². The van der Waals surface area contributed by atoms with E-state index in [2.05, 4.69) is 15.3 Å². The summed E-state index contributed by atoms with van der Waals surface area (Å²) in [4.78, 5) is 33.0. The van der Waals surface area contributed by atoms with E-state index in [1.165, 1.54) is 6.33 Å². The van der Waals surface area contributed by atoms with E-state index in [0.29, 0.717) is 25.9 Å². The Morgan fingerprint density at radius 3 is 2.09 bits per heavy atom. The van der Waals surface area contributed by atoms with E-state index in [4.69, 9.17) is 0 Å². The van der Waals surface area contributed by atoms with Gasteiger partial charge in [0, 0.05) is 13.1 Å². The third-order valence-corrected chi connectivity index (χ3v) is 5.68. The van der Waals surface area contributed by atoms with E-state index < -0.39 is 16.8 Å². The van der Waals surface area contributed by atoms with Crippen LogP contribution in [-0.4, -0.2) is 39.1 Å². The number of rotatable bonds is 7. The molecule has 1 aliphatic heterocycles. The number of benzene rings is 2. The highest BCUT2D eigenvalue weighted by molar-refractivity contribution is 5.73. The lowest BCUT2D eigenvalue weighted by Crippen LogP contribution is -2.37. The minimum absolute atomic E-state index is 0.123. The minimum atomic E-state index is -0.835. The first-order valence-corrected chi connectivity index (χ1v) is 10.4. The van der Waals surface area contributed by atoms with Crippen molar-refractivity contribution in [3.05, 3.63) is 88.2 Å². The number of piperidine rings is 1. The SMILES string of the molecule is O=C(O)C1CCN(c2ncnc(NC(c3ccccc3)c3ccccc3)c2[N+](=O)[O-])CC1. The predicted molar refractivity (Wildman–Crippen MR) is 120 cm³/mol. The molecule has 0 saturated carbocycles. The molecule has 9 heteroatoms. The summed E-state index contributed by atoms with van der Waals surface area (Å²) in [7, 11) is 0. The van der Waals surface area contributed by atoms with Crippen LogP contribution in [0.5, 0.6) is 0 Å². The van der Waals surface area contributed by atoms with Gasteiger partial charge in [0.2, 0.25) is 11.6 Å². The van der Waals surface area contributed by atoms with Crippen LogP contribution in [0.15, 0.2) is 67.0 Å². The maximum absolute atomic E-state index is 12.1. The third-order valence-electron chi connectivity index (χ3n) is 5.68. The molecule has 2 aromatic carbocycles. The van der Waals surface area contributed by atoms with Crippen molar-refractivity contribution in [1.29, 1.82) is 0 Å². The van der Waals surface area contributed by atoms with Crippen molar-refractivity contribution < 1.29 is 14.8 Å². The summed E-state index contributed by atoms with van der Waals surface area (Å²) in [6, 6.07) is 19.0. The van der Waals surface area contributed by atoms with Crippen molar-refractivity contribution in [3.8, 4) is 0 Å². The molecule has 0 spiro atoms. The van der Waals surface area contributed by atoms with Crippen LogP contribution in [0.1, 0.15) is 30.0 Å². The van der Waals surface area contributed by atoms with E-state index in [1.807, 2.05) is 60.7 Å². The monoisotopic (exact) mass is 433 g/mol.